The van der Waals surface area contributed by atoms with Gasteiger partial charge in [-0.3, -0.25) is 0 Å². The summed E-state index contributed by atoms with van der Waals surface area (Å²) < 4.78 is 0. The van der Waals surface area contributed by atoms with Gasteiger partial charge in [-0.15, -0.1) is 0 Å². The molecule has 0 spiro atoms. The lowest BCUT2D eigenvalue weighted by atomic mass is 10.1. The molecule has 1 heterocycles. The van der Waals surface area contributed by atoms with Gasteiger partial charge in [0.2, 0.25) is 0 Å². The molecule has 0 aliphatic carbocycles. The minimum absolute atomic E-state index is 0.237. The van der Waals surface area contributed by atoms with Gasteiger partial charge in [0.1, 0.15) is 0 Å². The number of aromatic nitrogens is 1. The SMILES string of the molecule is CC(CO)CNCc1cccc2[nH]ccc12. The third kappa shape index (κ3) is 2.43. The van der Waals surface area contributed by atoms with Gasteiger partial charge in [0.25, 0.3) is 0 Å². The van der Waals surface area contributed by atoms with Gasteiger partial charge in [-0.25, -0.2) is 0 Å². The molecular formula is C13H18N2O. The summed E-state index contributed by atoms with van der Waals surface area (Å²) in [5.74, 6) is 0.311. The number of hydrogen-bond acceptors (Lipinski definition) is 2. The number of aliphatic hydroxyl groups excluding tert-OH is 1. The summed E-state index contributed by atoms with van der Waals surface area (Å²) in [4.78, 5) is 3.20. The Hall–Kier alpha value is -1.32. The number of H-pyrrole nitrogens is 1. The molecule has 0 amide bonds. The van der Waals surface area contributed by atoms with Crippen LogP contribution in [0.5, 0.6) is 0 Å². The number of rotatable bonds is 5. The first-order chi connectivity index (χ1) is 7.81. The maximum absolute atomic E-state index is 8.93. The van der Waals surface area contributed by atoms with Crippen molar-refractivity contribution in [2.75, 3.05) is 13.2 Å². The Morgan fingerprint density at radius 3 is 3.06 bits per heavy atom. The molecule has 2 rings (SSSR count). The van der Waals surface area contributed by atoms with E-state index in [-0.39, 0.29) is 6.61 Å². The van der Waals surface area contributed by atoms with Crippen molar-refractivity contribution in [2.24, 2.45) is 5.92 Å². The predicted molar refractivity (Wildman–Crippen MR) is 66.3 cm³/mol. The largest absolute Gasteiger partial charge is 0.396 e. The summed E-state index contributed by atoms with van der Waals surface area (Å²) in [7, 11) is 0. The van der Waals surface area contributed by atoms with Crippen LogP contribution >= 0.6 is 0 Å². The van der Waals surface area contributed by atoms with Gasteiger partial charge in [0, 0.05) is 36.8 Å². The highest BCUT2D eigenvalue weighted by Gasteiger charge is 2.02. The molecule has 16 heavy (non-hydrogen) atoms. The first-order valence-electron chi connectivity index (χ1n) is 5.68. The first-order valence-corrected chi connectivity index (χ1v) is 5.68. The number of aromatic amines is 1. The van der Waals surface area contributed by atoms with Crippen LogP contribution in [0.4, 0.5) is 0 Å². The Kier molecular flexibility index (Phi) is 3.59. The number of hydrogen-bond donors (Lipinski definition) is 3. The number of benzene rings is 1. The van der Waals surface area contributed by atoms with Crippen LogP contribution in [-0.4, -0.2) is 23.2 Å². The lowest BCUT2D eigenvalue weighted by Crippen LogP contribution is -2.22. The van der Waals surface area contributed by atoms with Crippen molar-refractivity contribution in [3.63, 3.8) is 0 Å². The summed E-state index contributed by atoms with van der Waals surface area (Å²) in [5, 5.41) is 13.6. The van der Waals surface area contributed by atoms with Crippen molar-refractivity contribution in [3.05, 3.63) is 36.0 Å². The van der Waals surface area contributed by atoms with E-state index in [0.29, 0.717) is 5.92 Å². The average Bonchev–Trinajstić information content (AvgIpc) is 2.77. The van der Waals surface area contributed by atoms with Gasteiger partial charge in [-0.05, 0) is 23.6 Å². The van der Waals surface area contributed by atoms with Gasteiger partial charge < -0.3 is 15.4 Å². The average molecular weight is 218 g/mol. The highest BCUT2D eigenvalue weighted by molar-refractivity contribution is 5.82. The monoisotopic (exact) mass is 218 g/mol. The van der Waals surface area contributed by atoms with Gasteiger partial charge in [-0.1, -0.05) is 19.1 Å². The number of aliphatic hydroxyl groups is 1. The number of nitrogens with one attached hydrogen (secondary N) is 2. The molecule has 1 unspecified atom stereocenters. The highest BCUT2D eigenvalue weighted by Crippen LogP contribution is 2.16. The molecule has 0 radical (unpaired) electrons. The lowest BCUT2D eigenvalue weighted by molar-refractivity contribution is 0.233. The van der Waals surface area contributed by atoms with E-state index in [0.717, 1.165) is 13.1 Å². The quantitative estimate of drug-likeness (QED) is 0.717. The highest BCUT2D eigenvalue weighted by atomic mass is 16.3. The third-order valence-corrected chi connectivity index (χ3v) is 2.81. The predicted octanol–water partition coefficient (Wildman–Crippen LogP) is 1.89. The molecule has 3 N–H and O–H groups in total. The van der Waals surface area contributed by atoms with Gasteiger partial charge in [0.15, 0.2) is 0 Å². The Morgan fingerprint density at radius 2 is 2.25 bits per heavy atom. The summed E-state index contributed by atoms with van der Waals surface area (Å²) in [6.45, 7) is 3.96. The van der Waals surface area contributed by atoms with Crippen LogP contribution in [-0.2, 0) is 6.54 Å². The maximum Gasteiger partial charge on any atom is 0.0468 e. The van der Waals surface area contributed by atoms with Crippen molar-refractivity contribution >= 4 is 10.9 Å². The molecule has 3 heteroatoms. The van der Waals surface area contributed by atoms with Crippen LogP contribution in [0.2, 0.25) is 0 Å². The molecule has 0 saturated carbocycles. The fraction of sp³-hybridized carbons (Fsp3) is 0.385. The first kappa shape index (κ1) is 11.2. The molecule has 0 saturated heterocycles. The molecule has 0 aliphatic rings. The smallest absolute Gasteiger partial charge is 0.0468 e. The van der Waals surface area contributed by atoms with Crippen molar-refractivity contribution < 1.29 is 5.11 Å². The zero-order valence-electron chi connectivity index (χ0n) is 9.53. The van der Waals surface area contributed by atoms with Crippen LogP contribution in [0.1, 0.15) is 12.5 Å². The fourth-order valence-corrected chi connectivity index (χ4v) is 1.82. The molecule has 0 fully saturated rings. The molecule has 1 aromatic carbocycles. The van der Waals surface area contributed by atoms with Gasteiger partial charge in [0.05, 0.1) is 0 Å². The maximum atomic E-state index is 8.93. The second kappa shape index (κ2) is 5.14. The second-order valence-corrected chi connectivity index (χ2v) is 4.27. The minimum atomic E-state index is 0.237. The zero-order valence-corrected chi connectivity index (χ0v) is 9.53. The molecule has 0 aliphatic heterocycles. The summed E-state index contributed by atoms with van der Waals surface area (Å²) >= 11 is 0. The second-order valence-electron chi connectivity index (χ2n) is 4.27. The number of fused-ring (bicyclic) bond motifs is 1. The Labute approximate surface area is 95.5 Å². The summed E-state index contributed by atoms with van der Waals surface area (Å²) in [6.07, 6.45) is 1.96. The fourth-order valence-electron chi connectivity index (χ4n) is 1.82. The molecule has 2 aromatic rings. The van der Waals surface area contributed by atoms with Crippen LogP contribution in [0, 0.1) is 5.92 Å². The van der Waals surface area contributed by atoms with Crippen molar-refractivity contribution in [2.45, 2.75) is 13.5 Å². The van der Waals surface area contributed by atoms with Crippen LogP contribution in [0.25, 0.3) is 10.9 Å². The van der Waals surface area contributed by atoms with Gasteiger partial charge >= 0.3 is 0 Å². The molecule has 86 valence electrons. The molecular weight excluding hydrogens is 200 g/mol. The molecule has 3 nitrogen and oxygen atoms in total. The lowest BCUT2D eigenvalue weighted by Gasteiger charge is -2.10. The minimum Gasteiger partial charge on any atom is -0.396 e. The third-order valence-electron chi connectivity index (χ3n) is 2.81. The Bertz CT molecular complexity index is 450. The topological polar surface area (TPSA) is 48.0 Å². The zero-order chi connectivity index (χ0) is 11.4. The molecule has 0 bridgehead atoms. The normalized spacial score (nSPS) is 13.1. The van der Waals surface area contributed by atoms with E-state index in [9.17, 15) is 0 Å². The van der Waals surface area contributed by atoms with Crippen molar-refractivity contribution in [1.82, 2.24) is 10.3 Å². The van der Waals surface area contributed by atoms with Crippen molar-refractivity contribution in [1.29, 1.82) is 0 Å². The van der Waals surface area contributed by atoms with E-state index in [1.54, 1.807) is 0 Å². The Balaban J connectivity index is 2.01. The van der Waals surface area contributed by atoms with E-state index in [4.69, 9.17) is 5.11 Å². The van der Waals surface area contributed by atoms with E-state index in [1.165, 1.54) is 16.5 Å². The van der Waals surface area contributed by atoms with Gasteiger partial charge in [-0.2, -0.15) is 0 Å². The van der Waals surface area contributed by atoms with E-state index in [2.05, 4.69) is 34.6 Å². The molecule has 1 atom stereocenters. The summed E-state index contributed by atoms with van der Waals surface area (Å²) in [6, 6.07) is 8.37. The van der Waals surface area contributed by atoms with E-state index >= 15 is 0 Å². The standard InChI is InChI=1S/C13H18N2O/c1-10(9-16)7-14-8-11-3-2-4-13-12(11)5-6-15-13/h2-6,10,14-16H,7-9H2,1H3. The van der Waals surface area contributed by atoms with Crippen LogP contribution in [0.15, 0.2) is 30.5 Å². The van der Waals surface area contributed by atoms with E-state index < -0.39 is 0 Å². The van der Waals surface area contributed by atoms with Crippen LogP contribution < -0.4 is 5.32 Å². The Morgan fingerprint density at radius 1 is 1.38 bits per heavy atom. The van der Waals surface area contributed by atoms with Crippen LogP contribution in [0.3, 0.4) is 0 Å². The van der Waals surface area contributed by atoms with E-state index in [1.807, 2.05) is 13.1 Å². The van der Waals surface area contributed by atoms with Crippen molar-refractivity contribution in [3.8, 4) is 0 Å². The summed E-state index contributed by atoms with van der Waals surface area (Å²) in [5.41, 5.74) is 2.47. The molecule has 1 aromatic heterocycles.